The Morgan fingerprint density at radius 2 is 2.12 bits per heavy atom. The summed E-state index contributed by atoms with van der Waals surface area (Å²) in [5.74, 6) is 0.288. The first-order valence-electron chi connectivity index (χ1n) is 8.31. The van der Waals surface area contributed by atoms with Gasteiger partial charge in [0.2, 0.25) is 5.91 Å². The van der Waals surface area contributed by atoms with Crippen molar-refractivity contribution in [2.45, 2.75) is 27.7 Å². The maximum atomic E-state index is 12.6. The number of amides is 2. The number of carbonyl (C=O) groups is 2. The van der Waals surface area contributed by atoms with E-state index in [4.69, 9.17) is 4.74 Å². The molecule has 5 nitrogen and oxygen atoms in total. The van der Waals surface area contributed by atoms with E-state index in [1.165, 1.54) is 5.57 Å². The second kappa shape index (κ2) is 5.96. The van der Waals surface area contributed by atoms with E-state index in [1.54, 1.807) is 4.90 Å². The van der Waals surface area contributed by atoms with Crippen LogP contribution in [0.5, 0.6) is 0 Å². The fourth-order valence-electron chi connectivity index (χ4n) is 3.45. The minimum atomic E-state index is -0.342. The smallest absolute Gasteiger partial charge is 0.414 e. The zero-order valence-corrected chi connectivity index (χ0v) is 14.6. The second-order valence-electron chi connectivity index (χ2n) is 7.37. The number of cyclic esters (lactones) is 1. The van der Waals surface area contributed by atoms with E-state index < -0.39 is 0 Å². The number of carbonyl (C=O) groups excluding carboxylic acids is 2. The van der Waals surface area contributed by atoms with Crippen molar-refractivity contribution >= 4 is 23.4 Å². The fraction of sp³-hybridized carbons (Fsp3) is 0.474. The summed E-state index contributed by atoms with van der Waals surface area (Å²) in [5.41, 5.74) is 2.66. The van der Waals surface area contributed by atoms with Crippen LogP contribution in [0, 0.1) is 17.3 Å². The Hall–Kier alpha value is -2.30. The molecule has 24 heavy (non-hydrogen) atoms. The maximum absolute atomic E-state index is 12.6. The first kappa shape index (κ1) is 16.6. The minimum absolute atomic E-state index is 0.0161. The van der Waals surface area contributed by atoms with E-state index in [0.29, 0.717) is 18.8 Å². The molecule has 1 aliphatic heterocycles. The summed E-state index contributed by atoms with van der Waals surface area (Å²) in [6.07, 6.45) is 1.84. The molecule has 0 unspecified atom stereocenters. The molecule has 1 heterocycles. The summed E-state index contributed by atoms with van der Waals surface area (Å²) < 4.78 is 4.96. The summed E-state index contributed by atoms with van der Waals surface area (Å²) in [4.78, 5) is 25.9. The molecule has 5 heteroatoms. The van der Waals surface area contributed by atoms with Gasteiger partial charge in [-0.3, -0.25) is 9.69 Å². The van der Waals surface area contributed by atoms with Crippen LogP contribution in [-0.2, 0) is 9.53 Å². The molecule has 2 aliphatic rings. The molecule has 2 atom stereocenters. The number of hydrogen-bond acceptors (Lipinski definition) is 3. The molecule has 0 aromatic heterocycles. The SMILES string of the molecule is CC(C)=C[C@@H]1[C@H](C(=O)Nc2cccc(N3CCOC3=O)c2)C1(C)C. The molecule has 0 radical (unpaired) electrons. The van der Waals surface area contributed by atoms with Crippen LogP contribution in [0.15, 0.2) is 35.9 Å². The number of anilines is 2. The van der Waals surface area contributed by atoms with Gasteiger partial charge in [0.15, 0.2) is 0 Å². The largest absolute Gasteiger partial charge is 0.447 e. The van der Waals surface area contributed by atoms with Crippen LogP contribution in [0.25, 0.3) is 0 Å². The van der Waals surface area contributed by atoms with Crippen LogP contribution in [0.3, 0.4) is 0 Å². The van der Waals surface area contributed by atoms with Crippen molar-refractivity contribution in [3.05, 3.63) is 35.9 Å². The van der Waals surface area contributed by atoms with Gasteiger partial charge >= 0.3 is 6.09 Å². The molecule has 2 fully saturated rings. The van der Waals surface area contributed by atoms with E-state index in [9.17, 15) is 9.59 Å². The third kappa shape index (κ3) is 3.03. The van der Waals surface area contributed by atoms with Gasteiger partial charge in [-0.2, -0.15) is 0 Å². The normalized spacial score (nSPS) is 24.3. The van der Waals surface area contributed by atoms with Gasteiger partial charge in [0, 0.05) is 11.4 Å². The summed E-state index contributed by atoms with van der Waals surface area (Å²) in [7, 11) is 0. The zero-order valence-electron chi connectivity index (χ0n) is 14.6. The van der Waals surface area contributed by atoms with Crippen molar-refractivity contribution in [1.29, 1.82) is 0 Å². The highest BCUT2D eigenvalue weighted by molar-refractivity contribution is 5.97. The first-order valence-corrected chi connectivity index (χ1v) is 8.31. The average molecular weight is 328 g/mol. The van der Waals surface area contributed by atoms with E-state index in [-0.39, 0.29) is 29.3 Å². The van der Waals surface area contributed by atoms with E-state index in [2.05, 4.69) is 39.1 Å². The van der Waals surface area contributed by atoms with Crippen LogP contribution in [-0.4, -0.2) is 25.2 Å². The average Bonchev–Trinajstić information content (AvgIpc) is 2.82. The highest BCUT2D eigenvalue weighted by Crippen LogP contribution is 2.59. The van der Waals surface area contributed by atoms with Crippen molar-refractivity contribution in [3.63, 3.8) is 0 Å². The van der Waals surface area contributed by atoms with Gasteiger partial charge in [0.05, 0.1) is 12.5 Å². The van der Waals surface area contributed by atoms with Crippen LogP contribution < -0.4 is 10.2 Å². The lowest BCUT2D eigenvalue weighted by molar-refractivity contribution is -0.118. The molecule has 0 bridgehead atoms. The number of benzene rings is 1. The monoisotopic (exact) mass is 328 g/mol. The van der Waals surface area contributed by atoms with Gasteiger partial charge in [-0.1, -0.05) is 31.6 Å². The first-order chi connectivity index (χ1) is 11.3. The van der Waals surface area contributed by atoms with Gasteiger partial charge in [0.1, 0.15) is 6.61 Å². The molecule has 1 saturated heterocycles. The zero-order chi connectivity index (χ0) is 17.5. The third-order valence-electron chi connectivity index (χ3n) is 4.89. The molecule has 1 saturated carbocycles. The lowest BCUT2D eigenvalue weighted by atomic mass is 10.1. The third-order valence-corrected chi connectivity index (χ3v) is 4.89. The lowest BCUT2D eigenvalue weighted by Gasteiger charge is -2.14. The van der Waals surface area contributed by atoms with Crippen LogP contribution in [0.1, 0.15) is 27.7 Å². The van der Waals surface area contributed by atoms with Gasteiger partial charge in [0.25, 0.3) is 0 Å². The van der Waals surface area contributed by atoms with Gasteiger partial charge < -0.3 is 10.1 Å². The number of nitrogens with one attached hydrogen (secondary N) is 1. The van der Waals surface area contributed by atoms with Crippen molar-refractivity contribution < 1.29 is 14.3 Å². The molecular weight excluding hydrogens is 304 g/mol. The van der Waals surface area contributed by atoms with Crippen LogP contribution in [0.2, 0.25) is 0 Å². The lowest BCUT2D eigenvalue weighted by Crippen LogP contribution is -2.23. The molecule has 3 rings (SSSR count). The van der Waals surface area contributed by atoms with Crippen molar-refractivity contribution in [2.75, 3.05) is 23.4 Å². The maximum Gasteiger partial charge on any atom is 0.414 e. The summed E-state index contributed by atoms with van der Waals surface area (Å²) in [5, 5.41) is 2.99. The van der Waals surface area contributed by atoms with Gasteiger partial charge in [-0.15, -0.1) is 0 Å². The van der Waals surface area contributed by atoms with Crippen LogP contribution in [0.4, 0.5) is 16.2 Å². The quantitative estimate of drug-likeness (QED) is 0.855. The van der Waals surface area contributed by atoms with E-state index in [0.717, 1.165) is 5.69 Å². The summed E-state index contributed by atoms with van der Waals surface area (Å²) >= 11 is 0. The Morgan fingerprint density at radius 3 is 2.75 bits per heavy atom. The van der Waals surface area contributed by atoms with Gasteiger partial charge in [-0.25, -0.2) is 4.79 Å². The number of rotatable bonds is 4. The number of ether oxygens (including phenoxy) is 1. The van der Waals surface area contributed by atoms with Gasteiger partial charge in [-0.05, 0) is 43.4 Å². The number of nitrogens with zero attached hydrogens (tertiary/aromatic N) is 1. The summed E-state index contributed by atoms with van der Waals surface area (Å²) in [6.45, 7) is 9.30. The summed E-state index contributed by atoms with van der Waals surface area (Å²) in [6, 6.07) is 7.33. The molecule has 2 amide bonds. The molecule has 128 valence electrons. The predicted octanol–water partition coefficient (Wildman–Crippen LogP) is 3.82. The molecule has 0 spiro atoms. The molecular formula is C19H24N2O3. The van der Waals surface area contributed by atoms with E-state index >= 15 is 0 Å². The number of allylic oxidation sites excluding steroid dienone is 2. The Morgan fingerprint density at radius 1 is 1.38 bits per heavy atom. The molecule has 1 N–H and O–H groups in total. The van der Waals surface area contributed by atoms with Crippen LogP contribution >= 0.6 is 0 Å². The predicted molar refractivity (Wildman–Crippen MR) is 94.0 cm³/mol. The van der Waals surface area contributed by atoms with Crippen molar-refractivity contribution in [3.8, 4) is 0 Å². The fourth-order valence-corrected chi connectivity index (χ4v) is 3.45. The highest BCUT2D eigenvalue weighted by atomic mass is 16.6. The molecule has 1 aliphatic carbocycles. The van der Waals surface area contributed by atoms with E-state index in [1.807, 2.05) is 24.3 Å². The Kier molecular flexibility index (Phi) is 4.11. The Labute approximate surface area is 142 Å². The highest BCUT2D eigenvalue weighted by Gasteiger charge is 2.60. The molecule has 1 aromatic carbocycles. The Bertz CT molecular complexity index is 704. The molecule has 1 aromatic rings. The van der Waals surface area contributed by atoms with Crippen molar-refractivity contribution in [2.24, 2.45) is 17.3 Å². The van der Waals surface area contributed by atoms with Crippen molar-refractivity contribution in [1.82, 2.24) is 0 Å². The standard InChI is InChI=1S/C19H24N2O3/c1-12(2)10-15-16(19(15,3)4)17(22)20-13-6-5-7-14(11-13)21-8-9-24-18(21)23/h5-7,10-11,15-16H,8-9H2,1-4H3,(H,20,22)/t15-,16-/m1/s1. The number of hydrogen-bond donors (Lipinski definition) is 1. The second-order valence-corrected chi connectivity index (χ2v) is 7.37. The topological polar surface area (TPSA) is 58.6 Å². The Balaban J connectivity index is 1.72. The minimum Gasteiger partial charge on any atom is -0.447 e.